The minimum absolute atomic E-state index is 0.0569. The van der Waals surface area contributed by atoms with E-state index in [1.807, 2.05) is 24.3 Å². The maximum atomic E-state index is 12.4. The van der Waals surface area contributed by atoms with Gasteiger partial charge in [-0.05, 0) is 36.6 Å². The van der Waals surface area contributed by atoms with Gasteiger partial charge >= 0.3 is 0 Å². The zero-order valence-corrected chi connectivity index (χ0v) is 12.4. The molecule has 1 amide bonds. The Hall–Kier alpha value is -2.11. The Bertz CT molecular complexity index is 648. The highest BCUT2D eigenvalue weighted by molar-refractivity contribution is 5.83. The summed E-state index contributed by atoms with van der Waals surface area (Å²) in [7, 11) is 0. The Kier molecular flexibility index (Phi) is 4.00. The number of ether oxygens (including phenoxy) is 1. The molecule has 1 aliphatic rings. The first-order valence-electron chi connectivity index (χ1n) is 7.31. The molecule has 1 aromatic heterocycles. The van der Waals surface area contributed by atoms with Crippen molar-refractivity contribution in [3.05, 3.63) is 59.5 Å². The van der Waals surface area contributed by atoms with Gasteiger partial charge in [-0.2, -0.15) is 0 Å². The molecule has 0 radical (unpaired) electrons. The van der Waals surface area contributed by atoms with Crippen LogP contribution in [0.5, 0.6) is 0 Å². The van der Waals surface area contributed by atoms with Crippen molar-refractivity contribution in [2.45, 2.75) is 25.0 Å². The summed E-state index contributed by atoms with van der Waals surface area (Å²) in [6.07, 6.45) is 1.67. The van der Waals surface area contributed by atoms with Crippen molar-refractivity contribution in [3.8, 4) is 0 Å². The Morgan fingerprint density at radius 2 is 2.18 bits per heavy atom. The fourth-order valence-corrected chi connectivity index (χ4v) is 2.64. The molecule has 2 N–H and O–H groups in total. The van der Waals surface area contributed by atoms with Crippen molar-refractivity contribution in [1.82, 2.24) is 5.32 Å². The van der Waals surface area contributed by atoms with Gasteiger partial charge in [0.1, 0.15) is 11.4 Å². The predicted octanol–water partition coefficient (Wildman–Crippen LogP) is 1.92. The van der Waals surface area contributed by atoms with Crippen molar-refractivity contribution >= 4 is 5.91 Å². The Balaban J connectivity index is 1.69. The van der Waals surface area contributed by atoms with Gasteiger partial charge in [-0.25, -0.2) is 0 Å². The van der Waals surface area contributed by atoms with E-state index in [9.17, 15) is 9.90 Å². The van der Waals surface area contributed by atoms with Gasteiger partial charge in [0.25, 0.3) is 5.91 Å². The lowest BCUT2D eigenvalue weighted by Crippen LogP contribution is -2.41. The molecule has 2 atom stereocenters. The van der Waals surface area contributed by atoms with Crippen molar-refractivity contribution in [2.24, 2.45) is 0 Å². The maximum Gasteiger partial charge on any atom is 0.253 e. The molecule has 5 nitrogen and oxygen atoms in total. The standard InChI is InChI=1S/C17H19NO4/c1-17(20,14-7-4-9-21-14)11-18-16(19)15-13-6-3-2-5-12(13)8-10-22-15/h2-7,9,15,20H,8,10-11H2,1H3,(H,18,19). The summed E-state index contributed by atoms with van der Waals surface area (Å²) < 4.78 is 10.8. The van der Waals surface area contributed by atoms with Crippen LogP contribution in [0.25, 0.3) is 0 Å². The number of carbonyl (C=O) groups is 1. The number of hydrogen-bond donors (Lipinski definition) is 2. The monoisotopic (exact) mass is 301 g/mol. The second-order valence-electron chi connectivity index (χ2n) is 5.67. The van der Waals surface area contributed by atoms with E-state index in [4.69, 9.17) is 9.15 Å². The predicted molar refractivity (Wildman–Crippen MR) is 80.1 cm³/mol. The van der Waals surface area contributed by atoms with Gasteiger partial charge in [0.2, 0.25) is 0 Å². The van der Waals surface area contributed by atoms with Gasteiger partial charge in [-0.15, -0.1) is 0 Å². The lowest BCUT2D eigenvalue weighted by atomic mass is 9.97. The third kappa shape index (κ3) is 2.91. The molecule has 0 aliphatic carbocycles. The topological polar surface area (TPSA) is 71.7 Å². The van der Waals surface area contributed by atoms with Crippen LogP contribution in [0.1, 0.15) is 29.9 Å². The highest BCUT2D eigenvalue weighted by Crippen LogP contribution is 2.27. The molecular weight excluding hydrogens is 282 g/mol. The zero-order valence-electron chi connectivity index (χ0n) is 12.4. The van der Waals surface area contributed by atoms with E-state index in [0.29, 0.717) is 12.4 Å². The Morgan fingerprint density at radius 1 is 1.36 bits per heavy atom. The number of carbonyl (C=O) groups excluding carboxylic acids is 1. The maximum absolute atomic E-state index is 12.4. The molecule has 2 heterocycles. The molecule has 5 heteroatoms. The first-order valence-corrected chi connectivity index (χ1v) is 7.31. The summed E-state index contributed by atoms with van der Waals surface area (Å²) in [4.78, 5) is 12.4. The number of benzene rings is 1. The van der Waals surface area contributed by atoms with Gasteiger partial charge in [0, 0.05) is 0 Å². The van der Waals surface area contributed by atoms with Gasteiger partial charge in [-0.3, -0.25) is 4.79 Å². The molecule has 0 saturated heterocycles. The SMILES string of the molecule is CC(O)(CNC(=O)C1OCCc2ccccc21)c1ccco1. The van der Waals surface area contributed by atoms with Gasteiger partial charge < -0.3 is 19.6 Å². The fourth-order valence-electron chi connectivity index (χ4n) is 2.64. The largest absolute Gasteiger partial charge is 0.466 e. The lowest BCUT2D eigenvalue weighted by molar-refractivity contribution is -0.135. The molecule has 1 aromatic carbocycles. The van der Waals surface area contributed by atoms with Crippen LogP contribution in [0.15, 0.2) is 47.1 Å². The summed E-state index contributed by atoms with van der Waals surface area (Å²) >= 11 is 0. The van der Waals surface area contributed by atoms with E-state index in [1.165, 1.54) is 6.26 Å². The molecule has 0 bridgehead atoms. The van der Waals surface area contributed by atoms with E-state index in [-0.39, 0.29) is 12.5 Å². The molecular formula is C17H19NO4. The van der Waals surface area contributed by atoms with Crippen LogP contribution in [0.4, 0.5) is 0 Å². The molecule has 0 saturated carbocycles. The number of fused-ring (bicyclic) bond motifs is 1. The number of furan rings is 1. The highest BCUT2D eigenvalue weighted by atomic mass is 16.5. The fraction of sp³-hybridized carbons (Fsp3) is 0.353. The van der Waals surface area contributed by atoms with Gasteiger partial charge in [-0.1, -0.05) is 24.3 Å². The number of rotatable bonds is 4. The smallest absolute Gasteiger partial charge is 0.253 e. The lowest BCUT2D eigenvalue weighted by Gasteiger charge is -2.27. The van der Waals surface area contributed by atoms with Crippen LogP contribution >= 0.6 is 0 Å². The quantitative estimate of drug-likeness (QED) is 0.905. The third-order valence-electron chi connectivity index (χ3n) is 3.89. The molecule has 2 aromatic rings. The van der Waals surface area contributed by atoms with Crippen LogP contribution in [0, 0.1) is 0 Å². The summed E-state index contributed by atoms with van der Waals surface area (Å²) in [5, 5.41) is 13.1. The number of amides is 1. The van der Waals surface area contributed by atoms with E-state index in [0.717, 1.165) is 17.5 Å². The molecule has 116 valence electrons. The second-order valence-corrected chi connectivity index (χ2v) is 5.67. The van der Waals surface area contributed by atoms with E-state index >= 15 is 0 Å². The van der Waals surface area contributed by atoms with E-state index < -0.39 is 11.7 Å². The van der Waals surface area contributed by atoms with Crippen LogP contribution in [-0.2, 0) is 21.6 Å². The second kappa shape index (κ2) is 5.94. The summed E-state index contributed by atoms with van der Waals surface area (Å²) in [6.45, 7) is 2.17. The summed E-state index contributed by atoms with van der Waals surface area (Å²) in [5.74, 6) is 0.164. The van der Waals surface area contributed by atoms with Crippen molar-refractivity contribution < 1.29 is 19.1 Å². The molecule has 1 aliphatic heterocycles. The number of nitrogens with one attached hydrogen (secondary N) is 1. The first-order chi connectivity index (χ1) is 10.6. The molecule has 2 unspecified atom stereocenters. The zero-order chi connectivity index (χ0) is 15.6. The van der Waals surface area contributed by atoms with Crippen LogP contribution in [0.2, 0.25) is 0 Å². The van der Waals surface area contributed by atoms with Crippen molar-refractivity contribution in [1.29, 1.82) is 0 Å². The minimum Gasteiger partial charge on any atom is -0.466 e. The molecule has 3 rings (SSSR count). The number of aliphatic hydroxyl groups is 1. The molecule has 0 fully saturated rings. The minimum atomic E-state index is -1.26. The van der Waals surface area contributed by atoms with Crippen molar-refractivity contribution in [2.75, 3.05) is 13.2 Å². The van der Waals surface area contributed by atoms with Gasteiger partial charge in [0.15, 0.2) is 6.10 Å². The Labute approximate surface area is 128 Å². The first kappa shape index (κ1) is 14.8. The molecule has 0 spiro atoms. The average molecular weight is 301 g/mol. The van der Waals surface area contributed by atoms with Gasteiger partial charge in [0.05, 0.1) is 19.4 Å². The van der Waals surface area contributed by atoms with E-state index in [2.05, 4.69) is 5.32 Å². The third-order valence-corrected chi connectivity index (χ3v) is 3.89. The van der Waals surface area contributed by atoms with Crippen molar-refractivity contribution in [3.63, 3.8) is 0 Å². The summed E-state index contributed by atoms with van der Waals surface area (Å²) in [5.41, 5.74) is 0.767. The Morgan fingerprint density at radius 3 is 2.95 bits per heavy atom. The summed E-state index contributed by atoms with van der Waals surface area (Å²) in [6, 6.07) is 11.2. The van der Waals surface area contributed by atoms with Crippen LogP contribution in [-0.4, -0.2) is 24.2 Å². The van der Waals surface area contributed by atoms with E-state index in [1.54, 1.807) is 19.1 Å². The van der Waals surface area contributed by atoms with Crippen LogP contribution < -0.4 is 5.32 Å². The van der Waals surface area contributed by atoms with Crippen LogP contribution in [0.3, 0.4) is 0 Å². The molecule has 22 heavy (non-hydrogen) atoms. The average Bonchev–Trinajstić information content (AvgIpc) is 3.07. The normalized spacial score (nSPS) is 20.0. The number of hydrogen-bond acceptors (Lipinski definition) is 4. The highest BCUT2D eigenvalue weighted by Gasteiger charge is 2.31.